The molecule has 3 rings (SSSR count). The average Bonchev–Trinajstić information content (AvgIpc) is 2.63. The molecule has 0 saturated carbocycles. The smallest absolute Gasteiger partial charge is 0.223 e. The number of rotatable bonds is 5. The topological polar surface area (TPSA) is 40.5 Å². The lowest BCUT2D eigenvalue weighted by Crippen LogP contribution is -2.40. The second-order valence-corrected chi connectivity index (χ2v) is 6.61. The second kappa shape index (κ2) is 8.11. The molecule has 1 amide bonds. The van der Waals surface area contributed by atoms with Crippen LogP contribution < -0.4 is 0 Å². The van der Waals surface area contributed by atoms with Crippen molar-refractivity contribution in [3.63, 3.8) is 0 Å². The van der Waals surface area contributed by atoms with Crippen molar-refractivity contribution in [2.45, 2.75) is 37.7 Å². The van der Waals surface area contributed by atoms with E-state index in [0.717, 1.165) is 6.42 Å². The van der Waals surface area contributed by atoms with Crippen molar-refractivity contribution in [1.29, 1.82) is 0 Å². The van der Waals surface area contributed by atoms with Gasteiger partial charge in [-0.2, -0.15) is 0 Å². The van der Waals surface area contributed by atoms with E-state index in [1.807, 2.05) is 41.3 Å². The highest BCUT2D eigenvalue weighted by atomic mass is 16.3. The maximum atomic E-state index is 12.7. The van der Waals surface area contributed by atoms with E-state index in [2.05, 4.69) is 24.3 Å². The summed E-state index contributed by atoms with van der Waals surface area (Å²) in [4.78, 5) is 14.6. The standard InChI is InChI=1S/C21H25NO2/c23-20-11-13-22(14-12-20)21(24)16-19(18-9-5-2-6-10-18)15-17-7-3-1-4-8-17/h1-10,19-20,23H,11-16H2/t19-/m1/s1. The fourth-order valence-electron chi connectivity index (χ4n) is 3.39. The van der Waals surface area contributed by atoms with E-state index in [9.17, 15) is 9.90 Å². The summed E-state index contributed by atoms with van der Waals surface area (Å²) in [6.45, 7) is 1.35. The Kier molecular flexibility index (Phi) is 5.65. The van der Waals surface area contributed by atoms with Gasteiger partial charge in [-0.25, -0.2) is 0 Å². The van der Waals surface area contributed by atoms with Crippen molar-refractivity contribution in [3.8, 4) is 0 Å². The van der Waals surface area contributed by atoms with Crippen LogP contribution in [0.15, 0.2) is 60.7 Å². The molecule has 1 saturated heterocycles. The third-order valence-electron chi connectivity index (χ3n) is 4.83. The van der Waals surface area contributed by atoms with E-state index in [-0.39, 0.29) is 17.9 Å². The number of likely N-dealkylation sites (tertiary alicyclic amines) is 1. The van der Waals surface area contributed by atoms with Crippen LogP contribution in [0.25, 0.3) is 0 Å². The van der Waals surface area contributed by atoms with Crippen molar-refractivity contribution in [3.05, 3.63) is 71.8 Å². The van der Waals surface area contributed by atoms with Gasteiger partial charge in [-0.3, -0.25) is 4.79 Å². The molecule has 2 aromatic rings. The largest absolute Gasteiger partial charge is 0.393 e. The number of amides is 1. The Morgan fingerprint density at radius 1 is 1.00 bits per heavy atom. The summed E-state index contributed by atoms with van der Waals surface area (Å²) in [7, 11) is 0. The number of aliphatic hydroxyl groups is 1. The van der Waals surface area contributed by atoms with Crippen LogP contribution >= 0.6 is 0 Å². The number of hydrogen-bond donors (Lipinski definition) is 1. The highest BCUT2D eigenvalue weighted by Crippen LogP contribution is 2.26. The van der Waals surface area contributed by atoms with E-state index in [4.69, 9.17) is 0 Å². The molecule has 1 N–H and O–H groups in total. The molecule has 2 aromatic carbocycles. The third kappa shape index (κ3) is 4.45. The lowest BCUT2D eigenvalue weighted by atomic mass is 9.88. The molecule has 0 aromatic heterocycles. The number of piperidine rings is 1. The first kappa shape index (κ1) is 16.7. The van der Waals surface area contributed by atoms with Crippen molar-refractivity contribution in [2.75, 3.05) is 13.1 Å². The van der Waals surface area contributed by atoms with Crippen molar-refractivity contribution >= 4 is 5.91 Å². The molecule has 0 radical (unpaired) electrons. The molecule has 3 nitrogen and oxygen atoms in total. The molecule has 24 heavy (non-hydrogen) atoms. The van der Waals surface area contributed by atoms with E-state index < -0.39 is 0 Å². The summed E-state index contributed by atoms with van der Waals surface area (Å²) < 4.78 is 0. The highest BCUT2D eigenvalue weighted by Gasteiger charge is 2.24. The van der Waals surface area contributed by atoms with Crippen molar-refractivity contribution < 1.29 is 9.90 Å². The SMILES string of the molecule is O=C(C[C@@H](Cc1ccccc1)c1ccccc1)N1CCC(O)CC1. The number of carbonyl (C=O) groups excluding carboxylic acids is 1. The van der Waals surface area contributed by atoms with Gasteiger partial charge < -0.3 is 10.0 Å². The number of nitrogens with zero attached hydrogens (tertiary/aromatic N) is 1. The number of carbonyl (C=O) groups is 1. The van der Waals surface area contributed by atoms with Crippen LogP contribution in [0.5, 0.6) is 0 Å². The predicted molar refractivity (Wildman–Crippen MR) is 95.8 cm³/mol. The molecule has 1 aliphatic rings. The third-order valence-corrected chi connectivity index (χ3v) is 4.83. The van der Waals surface area contributed by atoms with Crippen LogP contribution in [0.4, 0.5) is 0 Å². The second-order valence-electron chi connectivity index (χ2n) is 6.61. The van der Waals surface area contributed by atoms with Gasteiger partial charge in [-0.1, -0.05) is 60.7 Å². The fraction of sp³-hybridized carbons (Fsp3) is 0.381. The summed E-state index contributed by atoms with van der Waals surface area (Å²) >= 11 is 0. The van der Waals surface area contributed by atoms with Crippen LogP contribution in [0, 0.1) is 0 Å². The summed E-state index contributed by atoms with van der Waals surface area (Å²) in [5.41, 5.74) is 2.47. The minimum Gasteiger partial charge on any atom is -0.393 e. The van der Waals surface area contributed by atoms with Gasteiger partial charge in [0, 0.05) is 19.5 Å². The van der Waals surface area contributed by atoms with Gasteiger partial charge in [0.25, 0.3) is 0 Å². The monoisotopic (exact) mass is 323 g/mol. The Morgan fingerprint density at radius 3 is 2.21 bits per heavy atom. The summed E-state index contributed by atoms with van der Waals surface area (Å²) in [6.07, 6.45) is 2.53. The molecular weight excluding hydrogens is 298 g/mol. The van der Waals surface area contributed by atoms with Crippen LogP contribution in [-0.4, -0.2) is 35.1 Å². The molecule has 0 unspecified atom stereocenters. The van der Waals surface area contributed by atoms with E-state index >= 15 is 0 Å². The maximum absolute atomic E-state index is 12.7. The van der Waals surface area contributed by atoms with Crippen LogP contribution in [-0.2, 0) is 11.2 Å². The van der Waals surface area contributed by atoms with Crippen molar-refractivity contribution in [1.82, 2.24) is 4.90 Å². The Labute approximate surface area is 143 Å². The molecule has 1 aliphatic heterocycles. The Morgan fingerprint density at radius 2 is 1.58 bits per heavy atom. The zero-order valence-corrected chi connectivity index (χ0v) is 14.0. The zero-order valence-electron chi connectivity index (χ0n) is 14.0. The lowest BCUT2D eigenvalue weighted by Gasteiger charge is -2.31. The first-order chi connectivity index (χ1) is 11.7. The first-order valence-corrected chi connectivity index (χ1v) is 8.77. The molecule has 126 valence electrons. The molecule has 1 fully saturated rings. The maximum Gasteiger partial charge on any atom is 0.223 e. The minimum atomic E-state index is -0.247. The quantitative estimate of drug-likeness (QED) is 0.916. The van der Waals surface area contributed by atoms with E-state index in [1.165, 1.54) is 11.1 Å². The average molecular weight is 323 g/mol. The molecule has 0 aliphatic carbocycles. The number of hydrogen-bond acceptors (Lipinski definition) is 2. The normalized spacial score (nSPS) is 16.8. The van der Waals surface area contributed by atoms with Gasteiger partial charge in [0.1, 0.15) is 0 Å². The summed E-state index contributed by atoms with van der Waals surface area (Å²) in [6, 6.07) is 20.7. The fourth-order valence-corrected chi connectivity index (χ4v) is 3.39. The Bertz CT molecular complexity index is 633. The molecule has 3 heteroatoms. The van der Waals surface area contributed by atoms with Gasteiger partial charge in [0.05, 0.1) is 6.10 Å². The molecule has 1 heterocycles. The Balaban J connectivity index is 1.71. The van der Waals surface area contributed by atoms with Gasteiger partial charge in [0.2, 0.25) is 5.91 Å². The minimum absolute atomic E-state index is 0.188. The predicted octanol–water partition coefficient (Wildman–Crippen LogP) is 3.39. The lowest BCUT2D eigenvalue weighted by molar-refractivity contribution is -0.133. The molecule has 0 bridgehead atoms. The van der Waals surface area contributed by atoms with Crippen LogP contribution in [0.2, 0.25) is 0 Å². The Hall–Kier alpha value is -2.13. The van der Waals surface area contributed by atoms with Gasteiger partial charge in [-0.15, -0.1) is 0 Å². The number of benzene rings is 2. The summed E-state index contributed by atoms with van der Waals surface area (Å²) in [5.74, 6) is 0.389. The van der Waals surface area contributed by atoms with E-state index in [0.29, 0.717) is 32.4 Å². The van der Waals surface area contributed by atoms with Crippen molar-refractivity contribution in [2.24, 2.45) is 0 Å². The number of aliphatic hydroxyl groups excluding tert-OH is 1. The highest BCUT2D eigenvalue weighted by molar-refractivity contribution is 5.77. The van der Waals surface area contributed by atoms with Gasteiger partial charge in [-0.05, 0) is 36.3 Å². The molecule has 0 spiro atoms. The van der Waals surface area contributed by atoms with Gasteiger partial charge in [0.15, 0.2) is 0 Å². The molecule has 1 atom stereocenters. The van der Waals surface area contributed by atoms with Crippen LogP contribution in [0.3, 0.4) is 0 Å². The van der Waals surface area contributed by atoms with Gasteiger partial charge >= 0.3 is 0 Å². The summed E-state index contributed by atoms with van der Waals surface area (Å²) in [5, 5.41) is 9.63. The first-order valence-electron chi connectivity index (χ1n) is 8.77. The zero-order chi connectivity index (χ0) is 16.8. The molecular formula is C21H25NO2. The van der Waals surface area contributed by atoms with Crippen LogP contribution in [0.1, 0.15) is 36.3 Å². The van der Waals surface area contributed by atoms with E-state index in [1.54, 1.807) is 0 Å².